The van der Waals surface area contributed by atoms with Crippen LogP contribution >= 0.6 is 0 Å². The lowest BCUT2D eigenvalue weighted by Gasteiger charge is -2.13. The molecule has 7 heteroatoms. The Morgan fingerprint density at radius 2 is 1.89 bits per heavy atom. The Labute approximate surface area is 161 Å². The SMILES string of the molecule is CCc1cccc(C)c1NC(=O)c1cccc(S(=O)(=O)NCCCOC)c1. The highest BCUT2D eigenvalue weighted by Crippen LogP contribution is 2.22. The molecule has 0 aliphatic heterocycles. The molecule has 2 N–H and O–H groups in total. The molecule has 0 atom stereocenters. The lowest BCUT2D eigenvalue weighted by Crippen LogP contribution is -2.26. The van der Waals surface area contributed by atoms with Crippen LogP contribution in [-0.4, -0.2) is 34.6 Å². The van der Waals surface area contributed by atoms with Crippen molar-refractivity contribution in [2.75, 3.05) is 25.6 Å². The number of hydrogen-bond acceptors (Lipinski definition) is 4. The zero-order valence-corrected chi connectivity index (χ0v) is 16.7. The smallest absolute Gasteiger partial charge is 0.255 e. The summed E-state index contributed by atoms with van der Waals surface area (Å²) in [6, 6.07) is 11.9. The number of sulfonamides is 1. The largest absolute Gasteiger partial charge is 0.385 e. The number of ether oxygens (including phenoxy) is 1. The highest BCUT2D eigenvalue weighted by molar-refractivity contribution is 7.89. The van der Waals surface area contributed by atoms with Crippen LogP contribution in [-0.2, 0) is 21.2 Å². The molecule has 0 radical (unpaired) electrons. The van der Waals surface area contributed by atoms with Gasteiger partial charge in [0.1, 0.15) is 0 Å². The van der Waals surface area contributed by atoms with Crippen LogP contribution in [0.1, 0.15) is 34.8 Å². The first-order valence-corrected chi connectivity index (χ1v) is 10.4. The van der Waals surface area contributed by atoms with E-state index in [1.165, 1.54) is 12.1 Å². The summed E-state index contributed by atoms with van der Waals surface area (Å²) >= 11 is 0. The van der Waals surface area contributed by atoms with Gasteiger partial charge in [0, 0.05) is 31.5 Å². The monoisotopic (exact) mass is 390 g/mol. The highest BCUT2D eigenvalue weighted by Gasteiger charge is 2.17. The average molecular weight is 391 g/mol. The third-order valence-corrected chi connectivity index (χ3v) is 5.66. The number of carbonyl (C=O) groups excluding carboxylic acids is 1. The molecule has 0 spiro atoms. The van der Waals surface area contributed by atoms with Gasteiger partial charge >= 0.3 is 0 Å². The molecule has 146 valence electrons. The fourth-order valence-electron chi connectivity index (χ4n) is 2.70. The number of rotatable bonds is 9. The normalized spacial score (nSPS) is 11.4. The van der Waals surface area contributed by atoms with E-state index in [1.54, 1.807) is 19.2 Å². The van der Waals surface area contributed by atoms with Gasteiger partial charge in [-0.1, -0.05) is 31.2 Å². The van der Waals surface area contributed by atoms with Crippen LogP contribution in [0.25, 0.3) is 0 Å². The molecule has 2 rings (SSSR count). The molecule has 2 aromatic rings. The van der Waals surface area contributed by atoms with Gasteiger partial charge in [-0.05, 0) is 49.1 Å². The maximum Gasteiger partial charge on any atom is 0.255 e. The topological polar surface area (TPSA) is 84.5 Å². The van der Waals surface area contributed by atoms with Crippen molar-refractivity contribution in [3.8, 4) is 0 Å². The third kappa shape index (κ3) is 5.63. The Kier molecular flexibility index (Phi) is 7.53. The van der Waals surface area contributed by atoms with E-state index in [2.05, 4.69) is 10.0 Å². The summed E-state index contributed by atoms with van der Waals surface area (Å²) in [7, 11) is -2.11. The number of aryl methyl sites for hydroxylation is 2. The van der Waals surface area contributed by atoms with Gasteiger partial charge < -0.3 is 10.1 Å². The fourth-order valence-corrected chi connectivity index (χ4v) is 3.82. The van der Waals surface area contributed by atoms with Gasteiger partial charge in [0.05, 0.1) is 4.90 Å². The quantitative estimate of drug-likeness (QED) is 0.644. The van der Waals surface area contributed by atoms with Gasteiger partial charge in [0.25, 0.3) is 5.91 Å². The van der Waals surface area contributed by atoms with Gasteiger partial charge in [0.15, 0.2) is 0 Å². The zero-order chi connectivity index (χ0) is 19.9. The van der Waals surface area contributed by atoms with Crippen molar-refractivity contribution in [3.05, 3.63) is 59.2 Å². The van der Waals surface area contributed by atoms with E-state index in [0.717, 1.165) is 23.2 Å². The van der Waals surface area contributed by atoms with E-state index in [4.69, 9.17) is 4.74 Å². The molecule has 27 heavy (non-hydrogen) atoms. The first-order valence-electron chi connectivity index (χ1n) is 8.87. The van der Waals surface area contributed by atoms with Gasteiger partial charge in [-0.3, -0.25) is 4.79 Å². The van der Waals surface area contributed by atoms with E-state index < -0.39 is 10.0 Å². The second kappa shape index (κ2) is 9.64. The predicted molar refractivity (Wildman–Crippen MR) is 107 cm³/mol. The van der Waals surface area contributed by atoms with Crippen molar-refractivity contribution >= 4 is 21.6 Å². The van der Waals surface area contributed by atoms with Gasteiger partial charge in [0.2, 0.25) is 10.0 Å². The number of methoxy groups -OCH3 is 1. The molecule has 6 nitrogen and oxygen atoms in total. The summed E-state index contributed by atoms with van der Waals surface area (Å²) in [5.41, 5.74) is 3.06. The highest BCUT2D eigenvalue weighted by atomic mass is 32.2. The number of benzene rings is 2. The number of carbonyl (C=O) groups is 1. The average Bonchev–Trinajstić information content (AvgIpc) is 2.67. The lowest BCUT2D eigenvalue weighted by atomic mass is 10.1. The number of amides is 1. The van der Waals surface area contributed by atoms with E-state index in [-0.39, 0.29) is 17.3 Å². The Morgan fingerprint density at radius 3 is 2.59 bits per heavy atom. The van der Waals surface area contributed by atoms with Crippen LogP contribution in [0.2, 0.25) is 0 Å². The minimum atomic E-state index is -3.68. The number of para-hydroxylation sites is 1. The van der Waals surface area contributed by atoms with Crippen LogP contribution < -0.4 is 10.0 Å². The number of nitrogens with one attached hydrogen (secondary N) is 2. The standard InChI is InChI=1S/C20H26N2O4S/c1-4-16-9-5-8-15(2)19(16)22-20(23)17-10-6-11-18(14-17)27(24,25)21-12-7-13-26-3/h5-6,8-11,14,21H,4,7,12-13H2,1-3H3,(H,22,23). The van der Waals surface area contributed by atoms with Crippen LogP contribution in [0.4, 0.5) is 5.69 Å². The molecule has 0 unspecified atom stereocenters. The molecule has 0 saturated heterocycles. The predicted octanol–water partition coefficient (Wildman–Crippen LogP) is 3.12. The van der Waals surface area contributed by atoms with Gasteiger partial charge in [-0.25, -0.2) is 13.1 Å². The van der Waals surface area contributed by atoms with Crippen LogP contribution in [0.5, 0.6) is 0 Å². The van der Waals surface area contributed by atoms with Crippen molar-refractivity contribution in [2.45, 2.75) is 31.6 Å². The second-order valence-corrected chi connectivity index (χ2v) is 7.96. The van der Waals surface area contributed by atoms with Crippen molar-refractivity contribution in [1.29, 1.82) is 0 Å². The maximum atomic E-state index is 12.7. The molecule has 0 fully saturated rings. The first-order chi connectivity index (χ1) is 12.9. The van der Waals surface area contributed by atoms with E-state index in [1.807, 2.05) is 32.0 Å². The molecule has 0 aliphatic carbocycles. The molecular formula is C20H26N2O4S. The Balaban J connectivity index is 2.18. The summed E-state index contributed by atoms with van der Waals surface area (Å²) in [6.07, 6.45) is 1.36. The molecule has 0 bridgehead atoms. The summed E-state index contributed by atoms with van der Waals surface area (Å²) in [6.45, 7) is 4.70. The van der Waals surface area contributed by atoms with E-state index in [9.17, 15) is 13.2 Å². The Bertz CT molecular complexity index is 895. The molecule has 0 aromatic heterocycles. The minimum Gasteiger partial charge on any atom is -0.385 e. The molecular weight excluding hydrogens is 364 g/mol. The van der Waals surface area contributed by atoms with Gasteiger partial charge in [-0.15, -0.1) is 0 Å². The summed E-state index contributed by atoms with van der Waals surface area (Å²) in [5.74, 6) is -0.338. The van der Waals surface area contributed by atoms with Crippen molar-refractivity contribution in [3.63, 3.8) is 0 Å². The van der Waals surface area contributed by atoms with E-state index >= 15 is 0 Å². The maximum absolute atomic E-state index is 12.7. The van der Waals surface area contributed by atoms with Crippen molar-refractivity contribution in [1.82, 2.24) is 4.72 Å². The summed E-state index contributed by atoms with van der Waals surface area (Å²) < 4.78 is 32.2. The van der Waals surface area contributed by atoms with Crippen molar-refractivity contribution < 1.29 is 17.9 Å². The number of hydrogen-bond donors (Lipinski definition) is 2. The molecule has 0 heterocycles. The Hall–Kier alpha value is -2.22. The lowest BCUT2D eigenvalue weighted by molar-refractivity contribution is 0.102. The molecule has 1 amide bonds. The molecule has 2 aromatic carbocycles. The minimum absolute atomic E-state index is 0.0630. The van der Waals surface area contributed by atoms with Crippen LogP contribution in [0.15, 0.2) is 47.4 Å². The molecule has 0 saturated carbocycles. The number of anilines is 1. The van der Waals surface area contributed by atoms with E-state index in [0.29, 0.717) is 18.6 Å². The van der Waals surface area contributed by atoms with Crippen LogP contribution in [0.3, 0.4) is 0 Å². The van der Waals surface area contributed by atoms with Crippen LogP contribution in [0, 0.1) is 6.92 Å². The van der Waals surface area contributed by atoms with Crippen molar-refractivity contribution in [2.24, 2.45) is 0 Å². The zero-order valence-electron chi connectivity index (χ0n) is 15.9. The second-order valence-electron chi connectivity index (χ2n) is 6.19. The molecule has 0 aliphatic rings. The third-order valence-electron chi connectivity index (χ3n) is 4.20. The summed E-state index contributed by atoms with van der Waals surface area (Å²) in [5, 5.41) is 2.91. The summed E-state index contributed by atoms with van der Waals surface area (Å²) in [4.78, 5) is 12.7. The fraction of sp³-hybridized carbons (Fsp3) is 0.350. The first kappa shape index (κ1) is 21.1. The Morgan fingerprint density at radius 1 is 1.15 bits per heavy atom. The van der Waals surface area contributed by atoms with Gasteiger partial charge in [-0.2, -0.15) is 0 Å².